The summed E-state index contributed by atoms with van der Waals surface area (Å²) < 4.78 is 42.6. The van der Waals surface area contributed by atoms with Gasteiger partial charge in [0.05, 0.1) is 23.4 Å². The molecular formula is C30H33F2N3O8. The van der Waals surface area contributed by atoms with Crippen LogP contribution in [0.5, 0.6) is 5.75 Å². The number of aromatic nitrogens is 1. The standard InChI is InChI=1S/C29H29F2N3O7.CH4O/c1-16-2-4-18-24-19(26(35)20(27(36)37)14-34(16)24)13-22(31)25(18)32-8-6-29(39,7-9-32)15-41-23-5-3-17(12-21(23)30)33-10-11-40-28(33)38;1-2/h3,5,12-14,16,39H,2,4,6-11,15H2,1H3,(H,36,37);2H,1H3. The second kappa shape index (κ2) is 11.8. The molecule has 2 saturated heterocycles. The Morgan fingerprint density at radius 3 is 2.47 bits per heavy atom. The van der Waals surface area contributed by atoms with Gasteiger partial charge in [0.2, 0.25) is 5.43 Å². The Morgan fingerprint density at radius 2 is 1.84 bits per heavy atom. The number of pyridine rings is 1. The molecule has 6 rings (SSSR count). The van der Waals surface area contributed by atoms with E-state index in [-0.39, 0.29) is 43.2 Å². The number of hydrogen-bond acceptors (Lipinski definition) is 8. The van der Waals surface area contributed by atoms with Gasteiger partial charge in [-0.1, -0.05) is 0 Å². The summed E-state index contributed by atoms with van der Waals surface area (Å²) in [5.41, 5.74) is -0.487. The molecule has 1 aromatic heterocycles. The molecule has 3 aliphatic heterocycles. The molecule has 1 unspecified atom stereocenters. The topological polar surface area (TPSA) is 142 Å². The minimum absolute atomic E-state index is 0.0456. The first-order valence-corrected chi connectivity index (χ1v) is 14.0. The third-order valence-corrected chi connectivity index (χ3v) is 8.35. The minimum Gasteiger partial charge on any atom is -0.488 e. The van der Waals surface area contributed by atoms with Gasteiger partial charge in [-0.25, -0.2) is 18.4 Å². The molecule has 230 valence electrons. The van der Waals surface area contributed by atoms with Crippen LogP contribution in [0.15, 0.2) is 35.3 Å². The molecule has 3 aromatic rings. The molecule has 0 bridgehead atoms. The number of rotatable bonds is 6. The number of nitrogens with zero attached hydrogens (tertiary/aromatic N) is 3. The van der Waals surface area contributed by atoms with Crippen molar-refractivity contribution in [1.29, 1.82) is 0 Å². The first kappa shape index (κ1) is 30.2. The van der Waals surface area contributed by atoms with Crippen LogP contribution in [0.1, 0.15) is 48.1 Å². The fraction of sp³-hybridized carbons (Fsp3) is 0.433. The monoisotopic (exact) mass is 601 g/mol. The molecular weight excluding hydrogens is 568 g/mol. The van der Waals surface area contributed by atoms with Crippen LogP contribution in [0.4, 0.5) is 25.0 Å². The summed E-state index contributed by atoms with van der Waals surface area (Å²) in [7, 11) is 1.00. The molecule has 2 fully saturated rings. The van der Waals surface area contributed by atoms with Crippen molar-refractivity contribution in [2.24, 2.45) is 0 Å². The van der Waals surface area contributed by atoms with Gasteiger partial charge >= 0.3 is 12.1 Å². The molecule has 3 N–H and O–H groups in total. The van der Waals surface area contributed by atoms with Crippen molar-refractivity contribution in [1.82, 2.24) is 4.57 Å². The highest BCUT2D eigenvalue weighted by Crippen LogP contribution is 2.40. The van der Waals surface area contributed by atoms with Crippen LogP contribution in [-0.4, -0.2) is 77.5 Å². The van der Waals surface area contributed by atoms with Gasteiger partial charge in [0.1, 0.15) is 30.2 Å². The number of aliphatic hydroxyl groups is 2. The van der Waals surface area contributed by atoms with Crippen LogP contribution in [0.2, 0.25) is 0 Å². The van der Waals surface area contributed by atoms with Gasteiger partial charge in [-0.2, -0.15) is 0 Å². The van der Waals surface area contributed by atoms with Crippen LogP contribution in [0.3, 0.4) is 0 Å². The summed E-state index contributed by atoms with van der Waals surface area (Å²) in [4.78, 5) is 39.4. The first-order chi connectivity index (χ1) is 20.6. The van der Waals surface area contributed by atoms with Gasteiger partial charge in [-0.15, -0.1) is 0 Å². The van der Waals surface area contributed by atoms with E-state index in [9.17, 15) is 29.0 Å². The number of halogens is 2. The lowest BCUT2D eigenvalue weighted by atomic mass is 9.89. The molecule has 0 spiro atoms. The summed E-state index contributed by atoms with van der Waals surface area (Å²) in [5, 5.41) is 27.7. The number of carbonyl (C=O) groups excluding carboxylic acids is 1. The largest absolute Gasteiger partial charge is 0.488 e. The summed E-state index contributed by atoms with van der Waals surface area (Å²) in [6, 6.07) is 5.19. The number of carboxylic acids is 1. The number of anilines is 2. The van der Waals surface area contributed by atoms with Crippen LogP contribution in [-0.2, 0) is 11.2 Å². The van der Waals surface area contributed by atoms with Crippen molar-refractivity contribution in [3.63, 3.8) is 0 Å². The lowest BCUT2D eigenvalue weighted by Crippen LogP contribution is -2.48. The average molecular weight is 602 g/mol. The Kier molecular flexibility index (Phi) is 8.30. The van der Waals surface area contributed by atoms with Gasteiger partial charge < -0.3 is 34.3 Å². The fourth-order valence-electron chi connectivity index (χ4n) is 6.03. The first-order valence-electron chi connectivity index (χ1n) is 14.0. The zero-order valence-electron chi connectivity index (χ0n) is 23.8. The van der Waals surface area contributed by atoms with Crippen LogP contribution in [0.25, 0.3) is 10.9 Å². The van der Waals surface area contributed by atoms with Crippen molar-refractivity contribution in [3.05, 3.63) is 63.4 Å². The van der Waals surface area contributed by atoms with Crippen molar-refractivity contribution in [3.8, 4) is 5.75 Å². The van der Waals surface area contributed by atoms with Crippen LogP contribution in [0, 0.1) is 11.6 Å². The number of carboxylic acid groups (broad SMARTS) is 1. The smallest absolute Gasteiger partial charge is 0.414 e. The SMILES string of the molecule is CC1CCc2c(N3CCC(O)(COc4ccc(N5CCOC5=O)cc4F)CC3)c(F)cc3c(=O)c(C(=O)O)cn1c23.CO. The maximum Gasteiger partial charge on any atom is 0.414 e. The Morgan fingerprint density at radius 1 is 1.12 bits per heavy atom. The van der Waals surface area contributed by atoms with Gasteiger partial charge in [-0.05, 0) is 50.8 Å². The Bertz CT molecular complexity index is 1630. The van der Waals surface area contributed by atoms with E-state index >= 15 is 4.39 Å². The molecule has 43 heavy (non-hydrogen) atoms. The predicted octanol–water partition coefficient (Wildman–Crippen LogP) is 3.46. The highest BCUT2D eigenvalue weighted by molar-refractivity contribution is 5.95. The van der Waals surface area contributed by atoms with E-state index < -0.39 is 40.3 Å². The molecule has 1 amide bonds. The van der Waals surface area contributed by atoms with E-state index in [2.05, 4.69) is 0 Å². The molecule has 0 saturated carbocycles. The number of aryl methyl sites for hydroxylation is 1. The minimum atomic E-state index is -1.35. The molecule has 4 heterocycles. The van der Waals surface area contributed by atoms with Crippen LogP contribution < -0.4 is 20.0 Å². The predicted molar refractivity (Wildman–Crippen MR) is 153 cm³/mol. The molecule has 1 atom stereocenters. The summed E-state index contributed by atoms with van der Waals surface area (Å²) in [5.74, 6) is -2.70. The summed E-state index contributed by atoms with van der Waals surface area (Å²) in [6.07, 6.45) is 2.42. The maximum atomic E-state index is 15.6. The zero-order chi connectivity index (χ0) is 31.1. The fourth-order valence-corrected chi connectivity index (χ4v) is 6.03. The molecule has 0 aliphatic carbocycles. The number of amides is 1. The van der Waals surface area contributed by atoms with Crippen molar-refractivity contribution >= 4 is 34.3 Å². The van der Waals surface area contributed by atoms with Gasteiger partial charge in [0.15, 0.2) is 11.6 Å². The normalized spacial score (nSPS) is 19.1. The van der Waals surface area contributed by atoms with Crippen molar-refractivity contribution < 1.29 is 43.2 Å². The molecule has 3 aliphatic rings. The quantitative estimate of drug-likeness (QED) is 0.387. The number of aliphatic hydroxyl groups excluding tert-OH is 1. The second-order valence-corrected chi connectivity index (χ2v) is 10.9. The number of benzene rings is 2. The number of carbonyl (C=O) groups is 2. The lowest BCUT2D eigenvalue weighted by molar-refractivity contribution is -0.0250. The molecule has 11 nitrogen and oxygen atoms in total. The lowest BCUT2D eigenvalue weighted by Gasteiger charge is -2.40. The van der Waals surface area contributed by atoms with Gasteiger partial charge in [0, 0.05) is 49.5 Å². The summed E-state index contributed by atoms with van der Waals surface area (Å²) >= 11 is 0. The van der Waals surface area contributed by atoms with Gasteiger partial charge in [0.25, 0.3) is 0 Å². The molecule has 2 aromatic carbocycles. The highest BCUT2D eigenvalue weighted by atomic mass is 19.1. The van der Waals surface area contributed by atoms with E-state index in [4.69, 9.17) is 14.6 Å². The number of ether oxygens (including phenoxy) is 2. The van der Waals surface area contributed by atoms with E-state index in [0.717, 1.165) is 13.2 Å². The van der Waals surface area contributed by atoms with Gasteiger partial charge in [-0.3, -0.25) is 9.69 Å². The third-order valence-electron chi connectivity index (χ3n) is 8.35. The number of aromatic carboxylic acids is 1. The number of cyclic esters (lactones) is 1. The molecule has 13 heteroatoms. The van der Waals surface area contributed by atoms with E-state index in [1.807, 2.05) is 11.8 Å². The Labute approximate surface area is 245 Å². The number of hydrogen-bond donors (Lipinski definition) is 3. The molecule has 0 radical (unpaired) electrons. The van der Waals surface area contributed by atoms with E-state index in [1.165, 1.54) is 23.2 Å². The van der Waals surface area contributed by atoms with E-state index in [1.54, 1.807) is 10.6 Å². The number of piperidine rings is 1. The van der Waals surface area contributed by atoms with Crippen molar-refractivity contribution in [2.45, 2.75) is 44.2 Å². The Balaban J connectivity index is 0.00000180. The average Bonchev–Trinajstić information content (AvgIpc) is 3.42. The maximum absolute atomic E-state index is 15.6. The second-order valence-electron chi connectivity index (χ2n) is 10.9. The van der Waals surface area contributed by atoms with E-state index in [0.29, 0.717) is 54.9 Å². The summed E-state index contributed by atoms with van der Waals surface area (Å²) in [6.45, 7) is 2.90. The van der Waals surface area contributed by atoms with Crippen molar-refractivity contribution in [2.75, 3.05) is 49.8 Å². The Hall–Kier alpha value is -4.23. The van der Waals surface area contributed by atoms with Crippen LogP contribution >= 0.6 is 0 Å². The third kappa shape index (κ3) is 5.50. The zero-order valence-corrected chi connectivity index (χ0v) is 23.8. The highest BCUT2D eigenvalue weighted by Gasteiger charge is 2.36.